The molecule has 0 radical (unpaired) electrons. The minimum Gasteiger partial charge on any atom is -0.748 e. The van der Waals surface area contributed by atoms with Crippen molar-refractivity contribution in [2.45, 2.75) is 121 Å². The summed E-state index contributed by atoms with van der Waals surface area (Å²) < 4.78 is 34.3. The third kappa shape index (κ3) is 19.6. The van der Waals surface area contributed by atoms with E-state index in [9.17, 15) is 13.0 Å². The molecule has 26 heavy (non-hydrogen) atoms. The van der Waals surface area contributed by atoms with E-state index in [2.05, 4.69) is 6.92 Å². The van der Waals surface area contributed by atoms with Crippen molar-refractivity contribution in [3.05, 3.63) is 0 Å². The molecule has 1 N–H and O–H groups in total. The van der Waals surface area contributed by atoms with Gasteiger partial charge in [-0.25, -0.2) is 8.42 Å². The molecule has 0 saturated carbocycles. The van der Waals surface area contributed by atoms with Gasteiger partial charge in [0.05, 0.1) is 10.1 Å². The average Bonchev–Trinajstić information content (AvgIpc) is 2.56. The van der Waals surface area contributed by atoms with Crippen LogP contribution in [0.3, 0.4) is 0 Å². The number of unbranched alkanes of at least 4 members (excludes halogenated alkanes) is 13. The summed E-state index contributed by atoms with van der Waals surface area (Å²) in [5.74, 6) is 0. The van der Waals surface area contributed by atoms with Crippen LogP contribution in [0.15, 0.2) is 0 Å². The van der Waals surface area contributed by atoms with Crippen LogP contribution in [0.5, 0.6) is 0 Å². The number of aliphatic hydroxyl groups is 1. The molecule has 4 nitrogen and oxygen atoms in total. The Bertz CT molecular complexity index is 374. The minimum absolute atomic E-state index is 0. The first-order valence-electron chi connectivity index (χ1n) is 10.6. The van der Waals surface area contributed by atoms with E-state index in [1.807, 2.05) is 0 Å². The van der Waals surface area contributed by atoms with Crippen molar-refractivity contribution in [2.75, 3.05) is 6.61 Å². The molecule has 0 fully saturated rings. The molecule has 0 aromatic carbocycles. The van der Waals surface area contributed by atoms with E-state index in [1.165, 1.54) is 38.5 Å². The fourth-order valence-corrected chi connectivity index (χ4v) is 4.22. The van der Waals surface area contributed by atoms with Crippen molar-refractivity contribution in [3.8, 4) is 0 Å². The van der Waals surface area contributed by atoms with Gasteiger partial charge in [0.2, 0.25) is 0 Å². The number of hydrogen-bond acceptors (Lipinski definition) is 4. The summed E-state index contributed by atoms with van der Waals surface area (Å²) in [4.78, 5) is 0. The summed E-state index contributed by atoms with van der Waals surface area (Å²) in [7, 11) is -4.16. The maximum Gasteiger partial charge on any atom is 1.00 e. The van der Waals surface area contributed by atoms with Crippen LogP contribution in [-0.2, 0) is 10.1 Å². The zero-order valence-electron chi connectivity index (χ0n) is 17.4. The summed E-state index contributed by atoms with van der Waals surface area (Å²) in [6, 6.07) is 0. The topological polar surface area (TPSA) is 77.4 Å². The van der Waals surface area contributed by atoms with E-state index < -0.39 is 15.4 Å². The molecular weight excluding hydrogens is 359 g/mol. The van der Waals surface area contributed by atoms with Crippen molar-refractivity contribution in [1.29, 1.82) is 0 Å². The van der Waals surface area contributed by atoms with Crippen molar-refractivity contribution < 1.29 is 47.6 Å². The SMILES string of the molecule is CCCCCCCCCCCC(CCCCCCCCO)S(=O)(=O)[O-].[Na+]. The largest absolute Gasteiger partial charge is 1.00 e. The summed E-state index contributed by atoms with van der Waals surface area (Å²) in [6.45, 7) is 2.47. The summed E-state index contributed by atoms with van der Waals surface area (Å²) in [5.41, 5.74) is 0. The van der Waals surface area contributed by atoms with Crippen LogP contribution in [0, 0.1) is 0 Å². The van der Waals surface area contributed by atoms with Gasteiger partial charge in [0, 0.05) is 11.9 Å². The first-order valence-corrected chi connectivity index (χ1v) is 12.0. The van der Waals surface area contributed by atoms with Crippen molar-refractivity contribution in [1.82, 2.24) is 0 Å². The van der Waals surface area contributed by atoms with Gasteiger partial charge in [-0.3, -0.25) is 0 Å². The van der Waals surface area contributed by atoms with Crippen LogP contribution in [0.4, 0.5) is 0 Å². The van der Waals surface area contributed by atoms with Crippen LogP contribution in [0.2, 0.25) is 0 Å². The molecule has 0 heterocycles. The number of rotatable bonds is 19. The van der Waals surface area contributed by atoms with E-state index >= 15 is 0 Å². The molecule has 0 aliphatic carbocycles. The molecule has 0 aliphatic heterocycles. The van der Waals surface area contributed by atoms with Gasteiger partial charge in [-0.1, -0.05) is 96.8 Å². The molecule has 0 aliphatic rings. The van der Waals surface area contributed by atoms with Gasteiger partial charge in [0.15, 0.2) is 0 Å². The molecule has 0 spiro atoms. The van der Waals surface area contributed by atoms with Gasteiger partial charge < -0.3 is 9.66 Å². The maximum atomic E-state index is 11.4. The smallest absolute Gasteiger partial charge is 0.748 e. The molecule has 0 rings (SSSR count). The second kappa shape index (κ2) is 20.6. The average molecular weight is 401 g/mol. The molecule has 0 bridgehead atoms. The second-order valence-electron chi connectivity index (χ2n) is 7.37. The zero-order valence-corrected chi connectivity index (χ0v) is 20.2. The Morgan fingerprint density at radius 1 is 0.692 bits per heavy atom. The maximum absolute atomic E-state index is 11.4. The summed E-state index contributed by atoms with van der Waals surface area (Å²) >= 11 is 0. The van der Waals surface area contributed by atoms with Gasteiger partial charge in [0.1, 0.15) is 0 Å². The van der Waals surface area contributed by atoms with Gasteiger partial charge in [-0.2, -0.15) is 0 Å². The minimum atomic E-state index is -4.16. The molecule has 0 aromatic heterocycles. The van der Waals surface area contributed by atoms with E-state index in [0.717, 1.165) is 57.8 Å². The number of aliphatic hydroxyl groups excluding tert-OH is 1. The Labute approximate surface area is 185 Å². The van der Waals surface area contributed by atoms with Gasteiger partial charge in [-0.15, -0.1) is 0 Å². The Morgan fingerprint density at radius 3 is 1.38 bits per heavy atom. The Kier molecular flexibility index (Phi) is 23.0. The third-order valence-corrected chi connectivity index (χ3v) is 6.26. The predicted molar refractivity (Wildman–Crippen MR) is 105 cm³/mol. The van der Waals surface area contributed by atoms with Crippen molar-refractivity contribution in [2.24, 2.45) is 0 Å². The molecule has 1 atom stereocenters. The van der Waals surface area contributed by atoms with Crippen LogP contribution in [0.25, 0.3) is 0 Å². The van der Waals surface area contributed by atoms with E-state index in [4.69, 9.17) is 5.11 Å². The molecule has 0 amide bonds. The monoisotopic (exact) mass is 400 g/mol. The van der Waals surface area contributed by atoms with Crippen LogP contribution < -0.4 is 29.6 Å². The molecular formula is C20H41NaO4S. The standard InChI is InChI=1S/C20H42O4S.Na/c1-2-3-4-5-6-7-8-11-14-17-20(25(22,23)24)18-15-12-9-10-13-16-19-21;/h20-21H,2-19H2,1H3,(H,22,23,24);/q;+1/p-1. The molecule has 0 aromatic rings. The van der Waals surface area contributed by atoms with Crippen LogP contribution >= 0.6 is 0 Å². The summed E-state index contributed by atoms with van der Waals surface area (Å²) in [5, 5.41) is 8.03. The van der Waals surface area contributed by atoms with Crippen molar-refractivity contribution in [3.63, 3.8) is 0 Å². The van der Waals surface area contributed by atoms with Crippen LogP contribution in [-0.4, -0.2) is 29.9 Å². The summed E-state index contributed by atoms with van der Waals surface area (Å²) in [6.07, 6.45) is 17.7. The van der Waals surface area contributed by atoms with Crippen LogP contribution in [0.1, 0.15) is 116 Å². The van der Waals surface area contributed by atoms with E-state index in [-0.39, 0.29) is 36.2 Å². The molecule has 152 valence electrons. The van der Waals surface area contributed by atoms with E-state index in [0.29, 0.717) is 12.8 Å². The normalized spacial score (nSPS) is 12.7. The predicted octanol–water partition coefficient (Wildman–Crippen LogP) is 2.55. The Morgan fingerprint density at radius 2 is 1.04 bits per heavy atom. The Balaban J connectivity index is 0. The quantitative estimate of drug-likeness (QED) is 0.205. The fraction of sp³-hybridized carbons (Fsp3) is 1.00. The number of hydrogen-bond donors (Lipinski definition) is 1. The van der Waals surface area contributed by atoms with Crippen molar-refractivity contribution >= 4 is 10.1 Å². The van der Waals surface area contributed by atoms with Gasteiger partial charge >= 0.3 is 29.6 Å². The third-order valence-electron chi connectivity index (χ3n) is 4.97. The first-order chi connectivity index (χ1) is 12.0. The molecule has 6 heteroatoms. The first kappa shape index (κ1) is 29.1. The Hall–Kier alpha value is 0.870. The van der Waals surface area contributed by atoms with E-state index in [1.54, 1.807) is 0 Å². The second-order valence-corrected chi connectivity index (χ2v) is 9.02. The molecule has 0 saturated heterocycles. The zero-order chi connectivity index (χ0) is 18.8. The molecule has 1 unspecified atom stereocenters. The van der Waals surface area contributed by atoms with Gasteiger partial charge in [-0.05, 0) is 19.3 Å². The fourth-order valence-electron chi connectivity index (χ4n) is 3.31. The van der Waals surface area contributed by atoms with Gasteiger partial charge in [0.25, 0.3) is 0 Å².